The Morgan fingerprint density at radius 3 is 2.47 bits per heavy atom. The molecule has 0 amide bonds. The Morgan fingerprint density at radius 2 is 1.93 bits per heavy atom. The van der Waals surface area contributed by atoms with Gasteiger partial charge in [-0.15, -0.1) is 0 Å². The van der Waals surface area contributed by atoms with Gasteiger partial charge in [-0.05, 0) is 25.5 Å². The van der Waals surface area contributed by atoms with Crippen molar-refractivity contribution in [3.05, 3.63) is 30.3 Å². The second-order valence-corrected chi connectivity index (χ2v) is 3.98. The molecule has 0 aliphatic rings. The molecule has 1 N–H and O–H groups in total. The maximum Gasteiger partial charge on any atom is 0.0687 e. The summed E-state index contributed by atoms with van der Waals surface area (Å²) in [6.45, 7) is 5.75. The van der Waals surface area contributed by atoms with Crippen molar-refractivity contribution in [3.8, 4) is 0 Å². The molecule has 2 nitrogen and oxygen atoms in total. The van der Waals surface area contributed by atoms with Crippen LogP contribution in [0.1, 0.15) is 26.7 Å². The summed E-state index contributed by atoms with van der Waals surface area (Å²) >= 11 is 0. The molecule has 0 saturated heterocycles. The van der Waals surface area contributed by atoms with Crippen LogP contribution in [-0.4, -0.2) is 24.3 Å². The molecule has 1 atom stereocenters. The quantitative estimate of drug-likeness (QED) is 0.775. The molecular weight excluding hydrogens is 186 g/mol. The van der Waals surface area contributed by atoms with E-state index < -0.39 is 0 Å². The summed E-state index contributed by atoms with van der Waals surface area (Å²) in [7, 11) is 0. The van der Waals surface area contributed by atoms with Crippen LogP contribution in [0.15, 0.2) is 30.3 Å². The van der Waals surface area contributed by atoms with Crippen LogP contribution in [0.3, 0.4) is 0 Å². The van der Waals surface area contributed by atoms with Gasteiger partial charge in [-0.1, -0.05) is 31.5 Å². The SMILES string of the molecule is CCCCN(CC(C)O)c1ccccc1. The zero-order valence-corrected chi connectivity index (χ0v) is 9.69. The van der Waals surface area contributed by atoms with Gasteiger partial charge in [-0.3, -0.25) is 0 Å². The van der Waals surface area contributed by atoms with Gasteiger partial charge in [0.25, 0.3) is 0 Å². The normalized spacial score (nSPS) is 12.5. The number of anilines is 1. The molecule has 0 saturated carbocycles. The fourth-order valence-corrected chi connectivity index (χ4v) is 1.63. The molecule has 0 aliphatic heterocycles. The summed E-state index contributed by atoms with van der Waals surface area (Å²) in [4.78, 5) is 2.24. The van der Waals surface area contributed by atoms with E-state index in [4.69, 9.17) is 0 Å². The maximum absolute atomic E-state index is 9.44. The molecule has 15 heavy (non-hydrogen) atoms. The zero-order valence-electron chi connectivity index (χ0n) is 9.69. The largest absolute Gasteiger partial charge is 0.392 e. The van der Waals surface area contributed by atoms with Crippen LogP contribution in [-0.2, 0) is 0 Å². The van der Waals surface area contributed by atoms with Crippen LogP contribution < -0.4 is 4.90 Å². The van der Waals surface area contributed by atoms with Crippen molar-refractivity contribution in [2.24, 2.45) is 0 Å². The summed E-state index contributed by atoms with van der Waals surface area (Å²) in [6, 6.07) is 10.3. The number of benzene rings is 1. The minimum Gasteiger partial charge on any atom is -0.392 e. The van der Waals surface area contributed by atoms with Crippen molar-refractivity contribution in [3.63, 3.8) is 0 Å². The number of nitrogens with zero attached hydrogens (tertiary/aromatic N) is 1. The lowest BCUT2D eigenvalue weighted by atomic mass is 10.2. The molecule has 1 aromatic rings. The van der Waals surface area contributed by atoms with Crippen LogP contribution in [0.4, 0.5) is 5.69 Å². The third-order valence-electron chi connectivity index (χ3n) is 2.39. The predicted molar refractivity (Wildman–Crippen MR) is 65.2 cm³/mol. The molecule has 2 heteroatoms. The lowest BCUT2D eigenvalue weighted by Gasteiger charge is -2.26. The van der Waals surface area contributed by atoms with E-state index in [0.717, 1.165) is 6.54 Å². The number of hydrogen-bond donors (Lipinski definition) is 1. The third kappa shape index (κ3) is 4.34. The van der Waals surface area contributed by atoms with E-state index in [2.05, 4.69) is 24.0 Å². The van der Waals surface area contributed by atoms with Crippen molar-refractivity contribution >= 4 is 5.69 Å². The van der Waals surface area contributed by atoms with Crippen molar-refractivity contribution in [1.82, 2.24) is 0 Å². The standard InChI is InChI=1S/C13H21NO/c1-3-4-10-14(11-12(2)15)13-8-6-5-7-9-13/h5-9,12,15H,3-4,10-11H2,1-2H3. The number of unbranched alkanes of at least 4 members (excludes halogenated alkanes) is 1. The monoisotopic (exact) mass is 207 g/mol. The molecule has 1 unspecified atom stereocenters. The van der Waals surface area contributed by atoms with E-state index >= 15 is 0 Å². The first-order chi connectivity index (χ1) is 7.24. The maximum atomic E-state index is 9.44. The molecule has 0 radical (unpaired) electrons. The molecule has 1 rings (SSSR count). The number of aliphatic hydroxyl groups is 1. The molecule has 0 bridgehead atoms. The fraction of sp³-hybridized carbons (Fsp3) is 0.538. The lowest BCUT2D eigenvalue weighted by Crippen LogP contribution is -2.31. The van der Waals surface area contributed by atoms with Crippen molar-refractivity contribution in [2.45, 2.75) is 32.8 Å². The molecule has 0 aliphatic carbocycles. The van der Waals surface area contributed by atoms with E-state index in [-0.39, 0.29) is 6.10 Å². The number of para-hydroxylation sites is 1. The van der Waals surface area contributed by atoms with Crippen molar-refractivity contribution < 1.29 is 5.11 Å². The molecular formula is C13H21NO. The highest BCUT2D eigenvalue weighted by Gasteiger charge is 2.07. The molecule has 0 aromatic heterocycles. The number of rotatable bonds is 6. The van der Waals surface area contributed by atoms with Gasteiger partial charge in [0, 0.05) is 18.8 Å². The summed E-state index contributed by atoms with van der Waals surface area (Å²) in [5.41, 5.74) is 1.20. The molecule has 0 heterocycles. The second-order valence-electron chi connectivity index (χ2n) is 3.98. The van der Waals surface area contributed by atoms with Crippen molar-refractivity contribution in [2.75, 3.05) is 18.0 Å². The second kappa shape index (κ2) is 6.46. The Kier molecular flexibility index (Phi) is 5.19. The molecule has 0 spiro atoms. The van der Waals surface area contributed by atoms with Gasteiger partial charge < -0.3 is 10.0 Å². The Labute approximate surface area is 92.5 Å². The summed E-state index contributed by atoms with van der Waals surface area (Å²) in [5.74, 6) is 0. The predicted octanol–water partition coefficient (Wildman–Crippen LogP) is 2.67. The first kappa shape index (κ1) is 12.1. The van der Waals surface area contributed by atoms with Gasteiger partial charge in [-0.2, -0.15) is 0 Å². The van der Waals surface area contributed by atoms with Crippen LogP contribution >= 0.6 is 0 Å². The van der Waals surface area contributed by atoms with Crippen LogP contribution in [0, 0.1) is 0 Å². The average Bonchev–Trinajstić information content (AvgIpc) is 2.25. The van der Waals surface area contributed by atoms with Crippen LogP contribution in [0.2, 0.25) is 0 Å². The molecule has 84 valence electrons. The zero-order chi connectivity index (χ0) is 11.1. The van der Waals surface area contributed by atoms with E-state index in [9.17, 15) is 5.11 Å². The number of aliphatic hydroxyl groups excluding tert-OH is 1. The van der Waals surface area contributed by atoms with Gasteiger partial charge >= 0.3 is 0 Å². The van der Waals surface area contributed by atoms with Crippen LogP contribution in [0.25, 0.3) is 0 Å². The Balaban J connectivity index is 2.63. The summed E-state index contributed by atoms with van der Waals surface area (Å²) in [5, 5.41) is 9.44. The molecule has 0 fully saturated rings. The van der Waals surface area contributed by atoms with Gasteiger partial charge in [0.1, 0.15) is 0 Å². The number of hydrogen-bond acceptors (Lipinski definition) is 2. The highest BCUT2D eigenvalue weighted by Crippen LogP contribution is 2.14. The Hall–Kier alpha value is -1.02. The highest BCUT2D eigenvalue weighted by molar-refractivity contribution is 5.45. The van der Waals surface area contributed by atoms with E-state index in [0.29, 0.717) is 6.54 Å². The van der Waals surface area contributed by atoms with Gasteiger partial charge in [-0.25, -0.2) is 0 Å². The Morgan fingerprint density at radius 1 is 1.27 bits per heavy atom. The summed E-state index contributed by atoms with van der Waals surface area (Å²) in [6.07, 6.45) is 2.08. The smallest absolute Gasteiger partial charge is 0.0687 e. The first-order valence-corrected chi connectivity index (χ1v) is 5.72. The van der Waals surface area contributed by atoms with Crippen molar-refractivity contribution in [1.29, 1.82) is 0 Å². The van der Waals surface area contributed by atoms with E-state index in [1.165, 1.54) is 18.5 Å². The highest BCUT2D eigenvalue weighted by atomic mass is 16.3. The first-order valence-electron chi connectivity index (χ1n) is 5.72. The third-order valence-corrected chi connectivity index (χ3v) is 2.39. The van der Waals surface area contributed by atoms with Gasteiger partial charge in [0.2, 0.25) is 0 Å². The van der Waals surface area contributed by atoms with E-state index in [1.54, 1.807) is 0 Å². The van der Waals surface area contributed by atoms with Gasteiger partial charge in [0.05, 0.1) is 6.10 Å². The lowest BCUT2D eigenvalue weighted by molar-refractivity contribution is 0.200. The Bertz CT molecular complexity index is 258. The average molecular weight is 207 g/mol. The van der Waals surface area contributed by atoms with Gasteiger partial charge in [0.15, 0.2) is 0 Å². The fourth-order valence-electron chi connectivity index (χ4n) is 1.63. The minimum atomic E-state index is -0.276. The van der Waals surface area contributed by atoms with E-state index in [1.807, 2.05) is 25.1 Å². The molecule has 1 aromatic carbocycles. The minimum absolute atomic E-state index is 0.276. The van der Waals surface area contributed by atoms with Crippen LogP contribution in [0.5, 0.6) is 0 Å². The summed E-state index contributed by atoms with van der Waals surface area (Å²) < 4.78 is 0. The topological polar surface area (TPSA) is 23.5 Å².